The molecule has 0 radical (unpaired) electrons. The van der Waals surface area contributed by atoms with Crippen molar-refractivity contribution in [2.45, 2.75) is 0 Å². The number of carbonyl (C=O) groups is 2. The predicted molar refractivity (Wildman–Crippen MR) is 85.7 cm³/mol. The third-order valence-electron chi connectivity index (χ3n) is 2.62. The van der Waals surface area contributed by atoms with Crippen LogP contribution in [0, 0.1) is 0 Å². The second-order valence-electron chi connectivity index (χ2n) is 4.12. The van der Waals surface area contributed by atoms with Crippen LogP contribution in [0.3, 0.4) is 0 Å². The van der Waals surface area contributed by atoms with E-state index in [-0.39, 0.29) is 28.3 Å². The van der Waals surface area contributed by atoms with Gasteiger partial charge in [-0.05, 0) is 29.7 Å². The fourth-order valence-electron chi connectivity index (χ4n) is 1.58. The van der Waals surface area contributed by atoms with Gasteiger partial charge in [-0.25, -0.2) is 9.59 Å². The molecule has 1 aromatic carbocycles. The maximum absolute atomic E-state index is 11.8. The number of hydrogen-bond donors (Lipinski definition) is 0. The molecule has 2 aromatic rings. The van der Waals surface area contributed by atoms with E-state index in [0.29, 0.717) is 11.3 Å². The van der Waals surface area contributed by atoms with Crippen molar-refractivity contribution in [3.8, 4) is 5.75 Å². The van der Waals surface area contributed by atoms with E-state index >= 15 is 0 Å². The fraction of sp³-hybridized carbons (Fsp3) is 0.214. The Labute approximate surface area is 146 Å². The number of aromatic nitrogens is 1. The Balaban J connectivity index is 1.83. The summed E-state index contributed by atoms with van der Waals surface area (Å²) in [6.07, 6.45) is 0. The van der Waals surface area contributed by atoms with Gasteiger partial charge in [0.1, 0.15) is 24.0 Å². The van der Waals surface area contributed by atoms with Gasteiger partial charge in [0.2, 0.25) is 0 Å². The molecule has 9 heteroatoms. The summed E-state index contributed by atoms with van der Waals surface area (Å²) in [5.41, 5.74) is 0.369. The minimum atomic E-state index is -0.619. The van der Waals surface area contributed by atoms with E-state index < -0.39 is 11.9 Å². The summed E-state index contributed by atoms with van der Waals surface area (Å²) < 4.78 is 18.8. The molecule has 6 nitrogen and oxygen atoms in total. The third-order valence-corrected chi connectivity index (χ3v) is 4.40. The summed E-state index contributed by atoms with van der Waals surface area (Å²) in [5, 5.41) is 0.146. The van der Waals surface area contributed by atoms with Crippen LogP contribution in [0.1, 0.15) is 20.0 Å². The minimum Gasteiger partial charge on any atom is -0.490 e. The molecule has 0 saturated carbocycles. The molecular formula is C14H11Cl2NO5S. The van der Waals surface area contributed by atoms with Crippen molar-refractivity contribution in [2.24, 2.45) is 0 Å². The summed E-state index contributed by atoms with van der Waals surface area (Å²) in [6.45, 7) is 0.119. The van der Waals surface area contributed by atoms with Gasteiger partial charge in [-0.3, -0.25) is 0 Å². The lowest BCUT2D eigenvalue weighted by Crippen LogP contribution is -2.12. The molecule has 0 aliphatic heterocycles. The fourth-order valence-corrected chi connectivity index (χ4v) is 2.68. The summed E-state index contributed by atoms with van der Waals surface area (Å²) in [6, 6.07) is 6.47. The Bertz CT molecular complexity index is 719. The van der Waals surface area contributed by atoms with Gasteiger partial charge in [0.25, 0.3) is 0 Å². The molecule has 0 spiro atoms. The number of ether oxygens (including phenoxy) is 3. The molecule has 1 aromatic heterocycles. The summed E-state index contributed by atoms with van der Waals surface area (Å²) in [5.74, 6) is -0.618. The largest absolute Gasteiger partial charge is 0.490 e. The van der Waals surface area contributed by atoms with Crippen LogP contribution in [0.15, 0.2) is 24.3 Å². The van der Waals surface area contributed by atoms with Gasteiger partial charge in [0.05, 0.1) is 12.7 Å². The molecule has 0 N–H and O–H groups in total. The third kappa shape index (κ3) is 4.57. The monoisotopic (exact) mass is 375 g/mol. The van der Waals surface area contributed by atoms with Crippen LogP contribution in [-0.2, 0) is 9.47 Å². The van der Waals surface area contributed by atoms with E-state index in [1.807, 2.05) is 0 Å². The van der Waals surface area contributed by atoms with Crippen LogP contribution in [0.25, 0.3) is 0 Å². The highest BCUT2D eigenvalue weighted by molar-refractivity contribution is 7.09. The first-order valence-corrected chi connectivity index (χ1v) is 7.85. The maximum atomic E-state index is 11.8. The molecule has 0 aliphatic carbocycles. The number of rotatable bonds is 6. The smallest absolute Gasteiger partial charge is 0.351 e. The van der Waals surface area contributed by atoms with Crippen LogP contribution in [0.2, 0.25) is 10.2 Å². The molecule has 122 valence electrons. The first-order chi connectivity index (χ1) is 11.0. The Morgan fingerprint density at radius 1 is 1.22 bits per heavy atom. The Morgan fingerprint density at radius 3 is 2.65 bits per heavy atom. The van der Waals surface area contributed by atoms with E-state index in [9.17, 15) is 9.59 Å². The van der Waals surface area contributed by atoms with Crippen molar-refractivity contribution in [3.05, 3.63) is 44.9 Å². The van der Waals surface area contributed by atoms with Gasteiger partial charge >= 0.3 is 11.9 Å². The number of nitrogens with zero attached hydrogens (tertiary/aromatic N) is 1. The Hall–Kier alpha value is -1.83. The van der Waals surface area contributed by atoms with Crippen molar-refractivity contribution in [1.29, 1.82) is 0 Å². The molecule has 23 heavy (non-hydrogen) atoms. The first kappa shape index (κ1) is 17.5. The average molecular weight is 376 g/mol. The van der Waals surface area contributed by atoms with E-state index in [2.05, 4.69) is 9.11 Å². The predicted octanol–water partition coefficient (Wildman–Crippen LogP) is 3.47. The van der Waals surface area contributed by atoms with Crippen LogP contribution >= 0.6 is 34.7 Å². The standard InChI is InChI=1S/C14H11Cl2NO5S/c1-20-13(18)8-3-2-4-9(7-8)21-5-6-22-14(19)11-10(15)12(16)17-23-11/h2-4,7H,5-6H2,1H3. The molecule has 1 heterocycles. The normalized spacial score (nSPS) is 10.2. The van der Waals surface area contributed by atoms with E-state index in [4.69, 9.17) is 32.7 Å². The molecule has 0 atom stereocenters. The number of methoxy groups -OCH3 is 1. The summed E-state index contributed by atoms with van der Waals surface area (Å²) >= 11 is 12.3. The van der Waals surface area contributed by atoms with Crippen LogP contribution in [0.5, 0.6) is 5.75 Å². The number of benzene rings is 1. The lowest BCUT2D eigenvalue weighted by molar-refractivity contribution is 0.0456. The molecule has 2 rings (SSSR count). The SMILES string of the molecule is COC(=O)c1cccc(OCCOC(=O)c2snc(Cl)c2Cl)c1. The van der Waals surface area contributed by atoms with E-state index in [1.54, 1.807) is 18.2 Å². The molecule has 0 unspecified atom stereocenters. The van der Waals surface area contributed by atoms with E-state index in [0.717, 1.165) is 11.5 Å². The molecule has 0 aliphatic rings. The highest BCUT2D eigenvalue weighted by atomic mass is 35.5. The Kier molecular flexibility index (Phi) is 6.20. The van der Waals surface area contributed by atoms with Gasteiger partial charge in [0, 0.05) is 0 Å². The molecular weight excluding hydrogens is 365 g/mol. The minimum absolute atomic E-state index is 0.00708. The number of carbonyl (C=O) groups excluding carboxylic acids is 2. The number of halogens is 2. The molecule has 0 saturated heterocycles. The maximum Gasteiger partial charge on any atom is 0.351 e. The second-order valence-corrected chi connectivity index (χ2v) is 5.63. The lowest BCUT2D eigenvalue weighted by atomic mass is 10.2. The molecule has 0 fully saturated rings. The van der Waals surface area contributed by atoms with Gasteiger partial charge < -0.3 is 14.2 Å². The van der Waals surface area contributed by atoms with Crippen LogP contribution < -0.4 is 4.74 Å². The second kappa shape index (κ2) is 8.14. The van der Waals surface area contributed by atoms with Crippen molar-refractivity contribution in [3.63, 3.8) is 0 Å². The zero-order chi connectivity index (χ0) is 16.8. The summed E-state index contributed by atoms with van der Waals surface area (Å²) in [7, 11) is 1.30. The quantitative estimate of drug-likeness (QED) is 0.568. The summed E-state index contributed by atoms with van der Waals surface area (Å²) in [4.78, 5) is 23.3. The number of hydrogen-bond acceptors (Lipinski definition) is 7. The highest BCUT2D eigenvalue weighted by Crippen LogP contribution is 2.28. The Morgan fingerprint density at radius 2 is 2.00 bits per heavy atom. The van der Waals surface area contributed by atoms with Gasteiger partial charge in [-0.1, -0.05) is 29.3 Å². The highest BCUT2D eigenvalue weighted by Gasteiger charge is 2.18. The van der Waals surface area contributed by atoms with Crippen molar-refractivity contribution in [2.75, 3.05) is 20.3 Å². The average Bonchev–Trinajstić information content (AvgIpc) is 2.90. The topological polar surface area (TPSA) is 74.7 Å². The van der Waals surface area contributed by atoms with Gasteiger partial charge in [0.15, 0.2) is 10.0 Å². The van der Waals surface area contributed by atoms with Crippen molar-refractivity contribution < 1.29 is 23.8 Å². The van der Waals surface area contributed by atoms with Crippen molar-refractivity contribution >= 4 is 46.7 Å². The zero-order valence-electron chi connectivity index (χ0n) is 11.9. The zero-order valence-corrected chi connectivity index (χ0v) is 14.2. The van der Waals surface area contributed by atoms with Gasteiger partial charge in [-0.2, -0.15) is 4.37 Å². The lowest BCUT2D eigenvalue weighted by Gasteiger charge is -2.08. The van der Waals surface area contributed by atoms with Crippen LogP contribution in [0.4, 0.5) is 0 Å². The van der Waals surface area contributed by atoms with E-state index in [1.165, 1.54) is 13.2 Å². The van der Waals surface area contributed by atoms with Crippen LogP contribution in [-0.4, -0.2) is 36.6 Å². The first-order valence-electron chi connectivity index (χ1n) is 6.32. The van der Waals surface area contributed by atoms with Crippen molar-refractivity contribution in [1.82, 2.24) is 4.37 Å². The molecule has 0 bridgehead atoms. The molecule has 0 amide bonds. The van der Waals surface area contributed by atoms with Gasteiger partial charge in [-0.15, -0.1) is 0 Å². The number of esters is 2.